The van der Waals surface area contributed by atoms with E-state index in [2.05, 4.69) is 47.5 Å². The molecule has 0 atom stereocenters. The van der Waals surface area contributed by atoms with E-state index < -0.39 is 5.41 Å². The van der Waals surface area contributed by atoms with Crippen LogP contribution >= 0.6 is 0 Å². The van der Waals surface area contributed by atoms with Crippen LogP contribution in [0.25, 0.3) is 21.8 Å². The fraction of sp³-hybridized carbons (Fsp3) is 0.318. The van der Waals surface area contributed by atoms with Crippen LogP contribution in [0.15, 0.2) is 55.1 Å². The zero-order valence-corrected chi connectivity index (χ0v) is 15.6. The molecule has 0 amide bonds. The molecular formula is C22H25NO3. The SMILES string of the molecule is C=C=O.CCC(C)(C)C(=O)OCCn1c2ccccc2c2ccccc21. The molecule has 0 saturated heterocycles. The molecule has 4 nitrogen and oxygen atoms in total. The zero-order chi connectivity index (χ0) is 19.2. The van der Waals surface area contributed by atoms with E-state index >= 15 is 0 Å². The van der Waals surface area contributed by atoms with Crippen molar-refractivity contribution in [2.75, 3.05) is 6.61 Å². The summed E-state index contributed by atoms with van der Waals surface area (Å²) in [6, 6.07) is 16.7. The van der Waals surface area contributed by atoms with Crippen molar-refractivity contribution in [1.82, 2.24) is 4.57 Å². The van der Waals surface area contributed by atoms with Crippen LogP contribution in [-0.2, 0) is 20.9 Å². The fourth-order valence-electron chi connectivity index (χ4n) is 2.81. The summed E-state index contributed by atoms with van der Waals surface area (Å²) in [5, 5.41) is 2.48. The van der Waals surface area contributed by atoms with Gasteiger partial charge in [0.25, 0.3) is 0 Å². The first-order chi connectivity index (χ1) is 12.5. The van der Waals surface area contributed by atoms with E-state index in [-0.39, 0.29) is 5.97 Å². The first kappa shape index (κ1) is 19.5. The van der Waals surface area contributed by atoms with Gasteiger partial charge in [-0.1, -0.05) is 43.3 Å². The number of para-hydroxylation sites is 2. The van der Waals surface area contributed by atoms with Crippen molar-refractivity contribution in [2.45, 2.75) is 33.7 Å². The molecule has 136 valence electrons. The maximum Gasteiger partial charge on any atom is 0.311 e. The van der Waals surface area contributed by atoms with Crippen LogP contribution in [-0.4, -0.2) is 23.1 Å². The van der Waals surface area contributed by atoms with E-state index in [4.69, 9.17) is 9.53 Å². The predicted octanol–water partition coefficient (Wildman–Crippen LogP) is 4.78. The fourth-order valence-corrected chi connectivity index (χ4v) is 2.81. The lowest BCUT2D eigenvalue weighted by Crippen LogP contribution is -2.26. The summed E-state index contributed by atoms with van der Waals surface area (Å²) in [6.45, 7) is 9.60. The Morgan fingerprint density at radius 1 is 1.08 bits per heavy atom. The van der Waals surface area contributed by atoms with Gasteiger partial charge in [0.15, 0.2) is 0 Å². The van der Waals surface area contributed by atoms with Gasteiger partial charge in [-0.05, 0) is 39.0 Å². The number of fused-ring (bicyclic) bond motifs is 3. The largest absolute Gasteiger partial charge is 0.463 e. The number of aromatic nitrogens is 1. The highest BCUT2D eigenvalue weighted by Crippen LogP contribution is 2.28. The molecule has 0 saturated carbocycles. The van der Waals surface area contributed by atoms with Crippen LogP contribution in [0.3, 0.4) is 0 Å². The van der Waals surface area contributed by atoms with Crippen LogP contribution in [0.5, 0.6) is 0 Å². The smallest absolute Gasteiger partial charge is 0.311 e. The maximum absolute atomic E-state index is 12.1. The van der Waals surface area contributed by atoms with Crippen molar-refractivity contribution in [2.24, 2.45) is 5.41 Å². The summed E-state index contributed by atoms with van der Waals surface area (Å²) in [7, 11) is 0. The molecule has 1 aromatic heterocycles. The molecule has 2 aromatic carbocycles. The first-order valence-electron chi connectivity index (χ1n) is 8.73. The van der Waals surface area contributed by atoms with Gasteiger partial charge in [-0.25, -0.2) is 4.79 Å². The van der Waals surface area contributed by atoms with E-state index in [0.717, 1.165) is 6.42 Å². The third-order valence-electron chi connectivity index (χ3n) is 4.66. The molecule has 0 spiro atoms. The molecule has 3 rings (SSSR count). The van der Waals surface area contributed by atoms with Crippen LogP contribution in [0.1, 0.15) is 27.2 Å². The Labute approximate surface area is 154 Å². The number of carbonyl (C=O) groups excluding carboxylic acids is 2. The van der Waals surface area contributed by atoms with Gasteiger partial charge in [-0.2, -0.15) is 0 Å². The van der Waals surface area contributed by atoms with Gasteiger partial charge in [-0.3, -0.25) is 4.79 Å². The van der Waals surface area contributed by atoms with Crippen molar-refractivity contribution in [3.63, 3.8) is 0 Å². The number of hydrogen-bond acceptors (Lipinski definition) is 3. The molecule has 0 unspecified atom stereocenters. The van der Waals surface area contributed by atoms with Crippen LogP contribution < -0.4 is 0 Å². The van der Waals surface area contributed by atoms with E-state index in [1.165, 1.54) is 27.7 Å². The topological polar surface area (TPSA) is 48.3 Å². The summed E-state index contributed by atoms with van der Waals surface area (Å²) in [4.78, 5) is 20.7. The second-order valence-corrected chi connectivity index (χ2v) is 6.70. The highest BCUT2D eigenvalue weighted by atomic mass is 16.5. The van der Waals surface area contributed by atoms with E-state index in [1.807, 2.05) is 32.9 Å². The van der Waals surface area contributed by atoms with Gasteiger partial charge in [0, 0.05) is 21.8 Å². The molecule has 0 aliphatic heterocycles. The lowest BCUT2D eigenvalue weighted by atomic mass is 9.91. The van der Waals surface area contributed by atoms with Crippen molar-refractivity contribution in [3.8, 4) is 0 Å². The van der Waals surface area contributed by atoms with Crippen molar-refractivity contribution >= 4 is 33.7 Å². The number of carbonyl (C=O) groups is 1. The number of esters is 1. The van der Waals surface area contributed by atoms with Crippen molar-refractivity contribution in [3.05, 3.63) is 55.1 Å². The Morgan fingerprint density at radius 3 is 2.00 bits per heavy atom. The second-order valence-electron chi connectivity index (χ2n) is 6.70. The Balaban J connectivity index is 0.000000758. The van der Waals surface area contributed by atoms with Gasteiger partial charge < -0.3 is 9.30 Å². The Bertz CT molecular complexity index is 878. The van der Waals surface area contributed by atoms with E-state index in [1.54, 1.807) is 0 Å². The average molecular weight is 351 g/mol. The average Bonchev–Trinajstić information content (AvgIpc) is 2.97. The van der Waals surface area contributed by atoms with Gasteiger partial charge in [-0.15, -0.1) is 0 Å². The lowest BCUT2D eigenvalue weighted by Gasteiger charge is -2.20. The minimum Gasteiger partial charge on any atom is -0.463 e. The van der Waals surface area contributed by atoms with Crippen molar-refractivity contribution in [1.29, 1.82) is 0 Å². The van der Waals surface area contributed by atoms with Gasteiger partial charge >= 0.3 is 5.97 Å². The van der Waals surface area contributed by atoms with Gasteiger partial charge in [0.2, 0.25) is 0 Å². The van der Waals surface area contributed by atoms with Crippen LogP contribution in [0.2, 0.25) is 0 Å². The van der Waals surface area contributed by atoms with E-state index in [0.29, 0.717) is 13.2 Å². The van der Waals surface area contributed by atoms with Crippen LogP contribution in [0.4, 0.5) is 0 Å². The molecule has 26 heavy (non-hydrogen) atoms. The summed E-state index contributed by atoms with van der Waals surface area (Å²) >= 11 is 0. The maximum atomic E-state index is 12.1. The molecule has 0 N–H and O–H groups in total. The minimum atomic E-state index is -0.416. The molecule has 0 fully saturated rings. The zero-order valence-electron chi connectivity index (χ0n) is 15.6. The van der Waals surface area contributed by atoms with Crippen LogP contribution in [0, 0.1) is 5.41 Å². The summed E-state index contributed by atoms with van der Waals surface area (Å²) < 4.78 is 7.74. The van der Waals surface area contributed by atoms with E-state index in [9.17, 15) is 4.79 Å². The van der Waals surface area contributed by atoms with Crippen molar-refractivity contribution < 1.29 is 14.3 Å². The first-order valence-corrected chi connectivity index (χ1v) is 8.73. The number of rotatable bonds is 5. The standard InChI is InChI=1S/C20H23NO2.C2H2O/c1-4-20(2,3)19(22)23-14-13-21-17-11-7-5-9-15(17)16-10-6-8-12-18(16)21;1-2-3/h5-12H,4,13-14H2,1-3H3;1H2. The summed E-state index contributed by atoms with van der Waals surface area (Å²) in [5.41, 5.74) is 1.94. The second kappa shape index (κ2) is 8.50. The monoisotopic (exact) mass is 351 g/mol. The third-order valence-corrected chi connectivity index (χ3v) is 4.66. The molecule has 0 aliphatic carbocycles. The minimum absolute atomic E-state index is 0.124. The molecule has 3 aromatic rings. The third kappa shape index (κ3) is 4.04. The number of nitrogens with zero attached hydrogens (tertiary/aromatic N) is 1. The summed E-state index contributed by atoms with van der Waals surface area (Å²) in [6.07, 6.45) is 0.779. The summed E-state index contributed by atoms with van der Waals surface area (Å²) in [5.74, 6) is 1.13. The van der Waals surface area contributed by atoms with Gasteiger partial charge in [0.1, 0.15) is 12.5 Å². The molecule has 4 heteroatoms. The molecule has 0 radical (unpaired) electrons. The number of ether oxygens (including phenoxy) is 1. The van der Waals surface area contributed by atoms with Gasteiger partial charge in [0.05, 0.1) is 12.0 Å². The highest BCUT2D eigenvalue weighted by Gasteiger charge is 2.26. The molecular weight excluding hydrogens is 326 g/mol. The lowest BCUT2D eigenvalue weighted by molar-refractivity contribution is -0.154. The predicted molar refractivity (Wildman–Crippen MR) is 106 cm³/mol. The molecule has 0 bridgehead atoms. The number of hydrogen-bond donors (Lipinski definition) is 0. The normalized spacial score (nSPS) is 10.9. The Hall–Kier alpha value is -2.84. The Kier molecular flexibility index (Phi) is 6.37. The quantitative estimate of drug-likeness (QED) is 0.491. The molecule has 1 heterocycles. The number of benzene rings is 2. The molecule has 0 aliphatic rings. The Morgan fingerprint density at radius 2 is 1.54 bits per heavy atom. The highest BCUT2D eigenvalue weighted by molar-refractivity contribution is 6.07.